The summed E-state index contributed by atoms with van der Waals surface area (Å²) in [5, 5.41) is 10.6. The number of hydrogen-bond donors (Lipinski definition) is 1. The Hall–Kier alpha value is -2.57. The van der Waals surface area contributed by atoms with E-state index in [4.69, 9.17) is 16.3 Å². The van der Waals surface area contributed by atoms with Crippen molar-refractivity contribution in [3.05, 3.63) is 53.1 Å². The Morgan fingerprint density at radius 3 is 2.19 bits per heavy atom. The third-order valence-electron chi connectivity index (χ3n) is 5.72. The number of carbonyl (C=O) groups is 2. The van der Waals surface area contributed by atoms with Gasteiger partial charge in [-0.15, -0.1) is 0 Å². The molecule has 2 aromatic rings. The molecule has 2 fully saturated rings. The van der Waals surface area contributed by atoms with Crippen molar-refractivity contribution in [2.24, 2.45) is 0 Å². The molecule has 0 spiro atoms. The van der Waals surface area contributed by atoms with Gasteiger partial charge in [0.15, 0.2) is 0 Å². The van der Waals surface area contributed by atoms with E-state index in [1.165, 1.54) is 0 Å². The molecule has 6 nitrogen and oxygen atoms in total. The van der Waals surface area contributed by atoms with Gasteiger partial charge in [-0.1, -0.05) is 23.7 Å². The fourth-order valence-electron chi connectivity index (χ4n) is 3.80. The van der Waals surface area contributed by atoms with E-state index in [1.807, 2.05) is 50.2 Å². The molecule has 0 aromatic heterocycles. The first-order valence-corrected chi connectivity index (χ1v) is 11.0. The summed E-state index contributed by atoms with van der Waals surface area (Å²) in [6.45, 7) is 5.76. The number of amides is 2. The highest BCUT2D eigenvalue weighted by Gasteiger charge is 2.50. The summed E-state index contributed by atoms with van der Waals surface area (Å²) in [5.41, 5.74) is 1.24. The van der Waals surface area contributed by atoms with Crippen molar-refractivity contribution >= 4 is 23.4 Å². The van der Waals surface area contributed by atoms with Crippen LogP contribution in [0.15, 0.2) is 42.5 Å². The number of benzene rings is 2. The van der Waals surface area contributed by atoms with Gasteiger partial charge in [0.2, 0.25) is 0 Å². The number of piperazine rings is 1. The summed E-state index contributed by atoms with van der Waals surface area (Å²) in [4.78, 5) is 28.6. The zero-order valence-electron chi connectivity index (χ0n) is 17.8. The number of halogens is 1. The van der Waals surface area contributed by atoms with Crippen molar-refractivity contribution in [2.45, 2.75) is 38.4 Å². The lowest BCUT2D eigenvalue weighted by molar-refractivity contribution is -0.143. The molecule has 2 amide bonds. The zero-order chi connectivity index (χ0) is 22.2. The lowest BCUT2D eigenvalue weighted by Gasteiger charge is -2.35. The largest absolute Gasteiger partial charge is 0.490 e. The number of hydrogen-bond acceptors (Lipinski definition) is 4. The number of carbonyl (C=O) groups excluding carboxylic acids is 2. The summed E-state index contributed by atoms with van der Waals surface area (Å²) in [6, 6.07) is 12.9. The molecule has 31 heavy (non-hydrogen) atoms. The molecule has 2 aromatic carbocycles. The average molecular weight is 443 g/mol. The molecule has 164 valence electrons. The van der Waals surface area contributed by atoms with E-state index in [9.17, 15) is 14.7 Å². The monoisotopic (exact) mass is 442 g/mol. The second-order valence-electron chi connectivity index (χ2n) is 8.50. The van der Waals surface area contributed by atoms with Crippen LogP contribution in [0.25, 0.3) is 11.1 Å². The van der Waals surface area contributed by atoms with Crippen LogP contribution in [0.3, 0.4) is 0 Å². The van der Waals surface area contributed by atoms with E-state index in [2.05, 4.69) is 0 Å². The van der Waals surface area contributed by atoms with Crippen LogP contribution >= 0.6 is 11.6 Å². The van der Waals surface area contributed by atoms with Gasteiger partial charge in [0, 0.05) is 42.3 Å². The molecule has 0 bridgehead atoms. The SMILES string of the molecule is CC(C)Oc1ccc(Cl)cc1-c1ccc(C(=O)N2CCN(C(=O)C3(O)CC3)CC2)cc1. The number of ether oxygens (including phenoxy) is 1. The minimum atomic E-state index is -1.15. The van der Waals surface area contributed by atoms with E-state index < -0.39 is 5.60 Å². The second kappa shape index (κ2) is 8.52. The molecule has 7 heteroatoms. The van der Waals surface area contributed by atoms with Crippen LogP contribution in [-0.2, 0) is 4.79 Å². The van der Waals surface area contributed by atoms with Gasteiger partial charge in [0.05, 0.1) is 6.10 Å². The van der Waals surface area contributed by atoms with Crippen LogP contribution in [0.5, 0.6) is 5.75 Å². The molecule has 1 saturated carbocycles. The molecule has 0 atom stereocenters. The van der Waals surface area contributed by atoms with E-state index in [-0.39, 0.29) is 17.9 Å². The van der Waals surface area contributed by atoms with E-state index >= 15 is 0 Å². The predicted octanol–water partition coefficient (Wildman–Crippen LogP) is 3.60. The Morgan fingerprint density at radius 2 is 1.61 bits per heavy atom. The zero-order valence-corrected chi connectivity index (χ0v) is 18.6. The predicted molar refractivity (Wildman–Crippen MR) is 119 cm³/mol. The molecule has 1 saturated heterocycles. The van der Waals surface area contributed by atoms with Crippen molar-refractivity contribution in [2.75, 3.05) is 26.2 Å². The van der Waals surface area contributed by atoms with Crippen molar-refractivity contribution in [3.8, 4) is 16.9 Å². The smallest absolute Gasteiger partial charge is 0.254 e. The Labute approximate surface area is 187 Å². The third-order valence-corrected chi connectivity index (χ3v) is 5.96. The Bertz CT molecular complexity index is 978. The highest BCUT2D eigenvalue weighted by molar-refractivity contribution is 6.31. The van der Waals surface area contributed by atoms with Gasteiger partial charge >= 0.3 is 0 Å². The highest BCUT2D eigenvalue weighted by atomic mass is 35.5. The van der Waals surface area contributed by atoms with E-state index in [0.29, 0.717) is 49.6 Å². The van der Waals surface area contributed by atoms with Crippen LogP contribution in [-0.4, -0.2) is 64.6 Å². The first-order chi connectivity index (χ1) is 14.8. The van der Waals surface area contributed by atoms with Gasteiger partial charge in [0.25, 0.3) is 11.8 Å². The molecule has 0 unspecified atom stereocenters. The van der Waals surface area contributed by atoms with Crippen LogP contribution in [0.2, 0.25) is 5.02 Å². The topological polar surface area (TPSA) is 70.1 Å². The first kappa shape index (κ1) is 21.7. The normalized spacial score (nSPS) is 17.6. The first-order valence-electron chi connectivity index (χ1n) is 10.6. The van der Waals surface area contributed by atoms with Crippen molar-refractivity contribution in [3.63, 3.8) is 0 Å². The maximum atomic E-state index is 12.9. The van der Waals surface area contributed by atoms with Crippen molar-refractivity contribution in [1.82, 2.24) is 9.80 Å². The van der Waals surface area contributed by atoms with Crippen LogP contribution in [0, 0.1) is 0 Å². The summed E-state index contributed by atoms with van der Waals surface area (Å²) < 4.78 is 5.90. The summed E-state index contributed by atoms with van der Waals surface area (Å²) in [5.74, 6) is 0.481. The third kappa shape index (κ3) is 4.70. The average Bonchev–Trinajstić information content (AvgIpc) is 3.52. The fraction of sp³-hybridized carbons (Fsp3) is 0.417. The number of nitrogens with zero attached hydrogens (tertiary/aromatic N) is 2. The number of aliphatic hydroxyl groups is 1. The van der Waals surface area contributed by atoms with Gasteiger partial charge in [0.1, 0.15) is 11.4 Å². The molecule has 1 heterocycles. The molecule has 1 aliphatic carbocycles. The van der Waals surface area contributed by atoms with Gasteiger partial charge in [-0.05, 0) is 62.6 Å². The van der Waals surface area contributed by atoms with E-state index in [1.54, 1.807) is 15.9 Å². The minimum absolute atomic E-state index is 0.0342. The van der Waals surface area contributed by atoms with Gasteiger partial charge in [-0.2, -0.15) is 0 Å². The lowest BCUT2D eigenvalue weighted by atomic mass is 10.0. The summed E-state index contributed by atoms with van der Waals surface area (Å²) in [6.07, 6.45) is 1.11. The summed E-state index contributed by atoms with van der Waals surface area (Å²) in [7, 11) is 0. The van der Waals surface area contributed by atoms with Crippen LogP contribution < -0.4 is 4.74 Å². The molecule has 0 radical (unpaired) electrons. The molecule has 4 rings (SSSR count). The maximum absolute atomic E-state index is 12.9. The Morgan fingerprint density at radius 1 is 1.00 bits per heavy atom. The molecular formula is C24H27ClN2O4. The maximum Gasteiger partial charge on any atom is 0.254 e. The Balaban J connectivity index is 1.44. The number of rotatable bonds is 5. The Kier molecular flexibility index (Phi) is 5.95. The van der Waals surface area contributed by atoms with E-state index in [0.717, 1.165) is 16.9 Å². The molecular weight excluding hydrogens is 416 g/mol. The fourth-order valence-corrected chi connectivity index (χ4v) is 3.97. The molecule has 2 aliphatic rings. The highest BCUT2D eigenvalue weighted by Crippen LogP contribution is 2.37. The molecule has 1 N–H and O–H groups in total. The standard InChI is InChI=1S/C24H27ClN2O4/c1-16(2)31-21-8-7-19(25)15-20(21)17-3-5-18(6-4-17)22(28)26-11-13-27(14-12-26)23(29)24(30)9-10-24/h3-8,15-16,30H,9-14H2,1-2H3. The van der Waals surface area contributed by atoms with Crippen molar-refractivity contribution < 1.29 is 19.4 Å². The molecule has 1 aliphatic heterocycles. The second-order valence-corrected chi connectivity index (χ2v) is 8.94. The van der Waals surface area contributed by atoms with Gasteiger partial charge in [-0.3, -0.25) is 9.59 Å². The van der Waals surface area contributed by atoms with Gasteiger partial charge < -0.3 is 19.6 Å². The van der Waals surface area contributed by atoms with Crippen molar-refractivity contribution in [1.29, 1.82) is 0 Å². The van der Waals surface area contributed by atoms with Crippen LogP contribution in [0.4, 0.5) is 0 Å². The van der Waals surface area contributed by atoms with Gasteiger partial charge in [-0.25, -0.2) is 0 Å². The van der Waals surface area contributed by atoms with Crippen LogP contribution in [0.1, 0.15) is 37.0 Å². The summed E-state index contributed by atoms with van der Waals surface area (Å²) >= 11 is 6.19. The minimum Gasteiger partial charge on any atom is -0.490 e. The quantitative estimate of drug-likeness (QED) is 0.768. The lowest BCUT2D eigenvalue weighted by Crippen LogP contribution is -2.53.